The zero-order valence-electron chi connectivity index (χ0n) is 18.3. The Kier molecular flexibility index (Phi) is 4.90. The number of imidazole rings is 1. The third-order valence-corrected chi connectivity index (χ3v) is 5.97. The maximum atomic E-state index is 13.3. The van der Waals surface area contributed by atoms with E-state index in [-0.39, 0.29) is 5.91 Å². The van der Waals surface area contributed by atoms with Gasteiger partial charge >= 0.3 is 0 Å². The molecule has 0 aliphatic heterocycles. The van der Waals surface area contributed by atoms with Gasteiger partial charge in [0, 0.05) is 11.3 Å². The number of hydrogen-bond acceptors (Lipinski definition) is 3. The topological polar surface area (TPSA) is 75.8 Å². The normalized spacial score (nSPS) is 11.2. The van der Waals surface area contributed by atoms with Gasteiger partial charge in [-0.05, 0) is 62.2 Å². The number of carbonyl (C=O) groups is 1. The number of fused-ring (bicyclic) bond motifs is 1. The highest BCUT2D eigenvalue weighted by Gasteiger charge is 2.24. The molecule has 5 rings (SSSR count). The lowest BCUT2D eigenvalue weighted by Crippen LogP contribution is -2.17. The molecule has 2 N–H and O–H groups in total. The Labute approximate surface area is 185 Å². The van der Waals surface area contributed by atoms with Crippen molar-refractivity contribution in [2.75, 3.05) is 5.32 Å². The molecule has 1 amide bonds. The second-order valence-electron chi connectivity index (χ2n) is 7.97. The molecule has 3 aromatic heterocycles. The molecule has 5 aromatic rings. The highest BCUT2D eigenvalue weighted by atomic mass is 16.3. The molecule has 32 heavy (non-hydrogen) atoms. The van der Waals surface area contributed by atoms with Crippen molar-refractivity contribution in [3.05, 3.63) is 95.1 Å². The number of furan rings is 1. The van der Waals surface area contributed by atoms with Crippen LogP contribution in [0.5, 0.6) is 0 Å². The van der Waals surface area contributed by atoms with E-state index < -0.39 is 0 Å². The number of aryl methyl sites for hydroxylation is 1. The summed E-state index contributed by atoms with van der Waals surface area (Å²) in [4.78, 5) is 21.5. The second kappa shape index (κ2) is 7.89. The van der Waals surface area contributed by atoms with Crippen molar-refractivity contribution in [3.8, 4) is 11.4 Å². The molecular formula is C26H24N4O2. The molecule has 0 radical (unpaired) electrons. The predicted molar refractivity (Wildman–Crippen MR) is 126 cm³/mol. The monoisotopic (exact) mass is 424 g/mol. The van der Waals surface area contributed by atoms with Crippen LogP contribution in [0.4, 0.5) is 5.82 Å². The van der Waals surface area contributed by atoms with Crippen LogP contribution in [0.1, 0.15) is 32.9 Å². The van der Waals surface area contributed by atoms with Crippen LogP contribution in [0.25, 0.3) is 22.4 Å². The minimum Gasteiger partial charge on any atom is -0.467 e. The SMILES string of the molecule is Cc1ccccc1C(=O)Nc1c(-c2nc3ccccc3[nH]2)c(C)c(C)n1Cc1ccco1. The van der Waals surface area contributed by atoms with Crippen LogP contribution in [0.3, 0.4) is 0 Å². The smallest absolute Gasteiger partial charge is 0.257 e. The number of aromatic amines is 1. The quantitative estimate of drug-likeness (QED) is 0.372. The number of aromatic nitrogens is 3. The molecule has 0 saturated carbocycles. The standard InChI is InChI=1S/C26H24N4O2/c1-16-9-4-5-11-20(16)26(31)29-25-23(24-27-21-12-6-7-13-22(21)28-24)17(2)18(3)30(25)15-19-10-8-14-32-19/h4-14H,15H2,1-3H3,(H,27,28)(H,29,31). The minimum atomic E-state index is -0.154. The van der Waals surface area contributed by atoms with E-state index in [0.717, 1.165) is 45.0 Å². The summed E-state index contributed by atoms with van der Waals surface area (Å²) in [5.41, 5.74) is 6.38. The van der Waals surface area contributed by atoms with E-state index in [9.17, 15) is 4.79 Å². The average Bonchev–Trinajstić information content (AvgIpc) is 3.50. The van der Waals surface area contributed by atoms with Gasteiger partial charge in [-0.25, -0.2) is 4.98 Å². The number of amides is 1. The molecule has 0 saturated heterocycles. The van der Waals surface area contributed by atoms with Crippen molar-refractivity contribution in [2.45, 2.75) is 27.3 Å². The summed E-state index contributed by atoms with van der Waals surface area (Å²) in [7, 11) is 0. The number of carbonyl (C=O) groups excluding carboxylic acids is 1. The minimum absolute atomic E-state index is 0.154. The molecule has 0 spiro atoms. The first-order valence-electron chi connectivity index (χ1n) is 10.6. The molecule has 0 fully saturated rings. The summed E-state index contributed by atoms with van der Waals surface area (Å²) >= 11 is 0. The highest BCUT2D eigenvalue weighted by molar-refractivity contribution is 6.07. The fourth-order valence-corrected chi connectivity index (χ4v) is 4.11. The molecule has 0 unspecified atom stereocenters. The van der Waals surface area contributed by atoms with Gasteiger partial charge in [0.1, 0.15) is 17.4 Å². The van der Waals surface area contributed by atoms with Gasteiger partial charge in [-0.15, -0.1) is 0 Å². The summed E-state index contributed by atoms with van der Waals surface area (Å²) in [6, 6.07) is 19.3. The van der Waals surface area contributed by atoms with Crippen LogP contribution < -0.4 is 5.32 Å². The van der Waals surface area contributed by atoms with Gasteiger partial charge in [-0.3, -0.25) is 4.79 Å². The number of hydrogen-bond donors (Lipinski definition) is 2. The Morgan fingerprint density at radius 1 is 1.03 bits per heavy atom. The fraction of sp³-hybridized carbons (Fsp3) is 0.154. The molecular weight excluding hydrogens is 400 g/mol. The third kappa shape index (κ3) is 3.39. The van der Waals surface area contributed by atoms with Crippen molar-refractivity contribution >= 4 is 22.8 Å². The van der Waals surface area contributed by atoms with Gasteiger partial charge in [0.15, 0.2) is 0 Å². The van der Waals surface area contributed by atoms with E-state index in [4.69, 9.17) is 9.40 Å². The molecule has 0 aliphatic rings. The largest absolute Gasteiger partial charge is 0.467 e. The first-order chi connectivity index (χ1) is 15.5. The van der Waals surface area contributed by atoms with E-state index >= 15 is 0 Å². The number of nitrogens with one attached hydrogen (secondary N) is 2. The molecule has 0 bridgehead atoms. The molecule has 6 heteroatoms. The Hall–Kier alpha value is -4.06. The molecule has 6 nitrogen and oxygen atoms in total. The molecule has 2 aromatic carbocycles. The van der Waals surface area contributed by atoms with Gasteiger partial charge in [0.25, 0.3) is 5.91 Å². The van der Waals surface area contributed by atoms with E-state index in [1.54, 1.807) is 6.26 Å². The van der Waals surface area contributed by atoms with Crippen molar-refractivity contribution in [1.82, 2.24) is 14.5 Å². The highest BCUT2D eigenvalue weighted by Crippen LogP contribution is 2.36. The first kappa shape index (κ1) is 19.9. The van der Waals surface area contributed by atoms with E-state index in [1.807, 2.05) is 74.5 Å². The Balaban J connectivity index is 1.67. The lowest BCUT2D eigenvalue weighted by molar-refractivity contribution is 0.102. The van der Waals surface area contributed by atoms with Crippen LogP contribution in [0, 0.1) is 20.8 Å². The number of rotatable bonds is 5. The number of anilines is 1. The van der Waals surface area contributed by atoms with Crippen molar-refractivity contribution in [3.63, 3.8) is 0 Å². The molecule has 3 heterocycles. The van der Waals surface area contributed by atoms with Gasteiger partial charge in [-0.2, -0.15) is 0 Å². The van der Waals surface area contributed by atoms with Crippen LogP contribution in [-0.2, 0) is 6.54 Å². The number of nitrogens with zero attached hydrogens (tertiary/aromatic N) is 2. The Morgan fingerprint density at radius 2 is 1.81 bits per heavy atom. The van der Waals surface area contributed by atoms with Crippen LogP contribution in [0.2, 0.25) is 0 Å². The Morgan fingerprint density at radius 3 is 2.56 bits per heavy atom. The zero-order chi connectivity index (χ0) is 22.2. The summed E-state index contributed by atoms with van der Waals surface area (Å²) in [5.74, 6) is 2.08. The average molecular weight is 425 g/mol. The molecule has 0 aliphatic carbocycles. The molecule has 160 valence electrons. The predicted octanol–water partition coefficient (Wildman–Crippen LogP) is 5.85. The van der Waals surface area contributed by atoms with E-state index in [1.165, 1.54) is 0 Å². The van der Waals surface area contributed by atoms with Crippen molar-refractivity contribution in [1.29, 1.82) is 0 Å². The maximum absolute atomic E-state index is 13.3. The first-order valence-corrected chi connectivity index (χ1v) is 10.6. The molecule has 0 atom stereocenters. The van der Waals surface area contributed by atoms with Crippen LogP contribution >= 0.6 is 0 Å². The van der Waals surface area contributed by atoms with Gasteiger partial charge in [-0.1, -0.05) is 30.3 Å². The van der Waals surface area contributed by atoms with Gasteiger partial charge in [0.05, 0.1) is 29.4 Å². The van der Waals surface area contributed by atoms with E-state index in [0.29, 0.717) is 17.9 Å². The lowest BCUT2D eigenvalue weighted by atomic mass is 10.1. The summed E-state index contributed by atoms with van der Waals surface area (Å²) in [6.07, 6.45) is 1.66. The van der Waals surface area contributed by atoms with Gasteiger partial charge in [0.2, 0.25) is 0 Å². The number of benzene rings is 2. The van der Waals surface area contributed by atoms with E-state index in [2.05, 4.69) is 21.8 Å². The van der Waals surface area contributed by atoms with Crippen molar-refractivity contribution in [2.24, 2.45) is 0 Å². The number of H-pyrrole nitrogens is 1. The maximum Gasteiger partial charge on any atom is 0.257 e. The Bertz CT molecular complexity index is 1390. The van der Waals surface area contributed by atoms with Gasteiger partial charge < -0.3 is 19.3 Å². The van der Waals surface area contributed by atoms with Crippen LogP contribution in [-0.4, -0.2) is 20.4 Å². The van der Waals surface area contributed by atoms with Crippen LogP contribution in [0.15, 0.2) is 71.3 Å². The third-order valence-electron chi connectivity index (χ3n) is 5.97. The summed E-state index contributed by atoms with van der Waals surface area (Å²) in [6.45, 7) is 6.55. The second-order valence-corrected chi connectivity index (χ2v) is 7.97. The summed E-state index contributed by atoms with van der Waals surface area (Å²) in [5, 5.41) is 3.18. The lowest BCUT2D eigenvalue weighted by Gasteiger charge is -2.14. The zero-order valence-corrected chi connectivity index (χ0v) is 18.3. The fourth-order valence-electron chi connectivity index (χ4n) is 4.11. The number of para-hydroxylation sites is 2. The summed E-state index contributed by atoms with van der Waals surface area (Å²) < 4.78 is 7.68. The van der Waals surface area contributed by atoms with Crippen molar-refractivity contribution < 1.29 is 9.21 Å².